The van der Waals surface area contributed by atoms with Crippen molar-refractivity contribution in [1.29, 1.82) is 0 Å². The molecule has 1 aliphatic rings. The molecule has 3 N–H and O–H groups in total. The third-order valence-electron chi connectivity index (χ3n) is 2.74. The van der Waals surface area contributed by atoms with E-state index in [1.54, 1.807) is 7.11 Å². The molecule has 1 aromatic heterocycles. The van der Waals surface area contributed by atoms with Crippen molar-refractivity contribution in [2.75, 3.05) is 38.2 Å². The van der Waals surface area contributed by atoms with Gasteiger partial charge in [0.1, 0.15) is 0 Å². The number of rotatable bonds is 2. The molecule has 2 rings (SSSR count). The molecule has 6 nitrogen and oxygen atoms in total. The third kappa shape index (κ3) is 5.86. The van der Waals surface area contributed by atoms with Crippen LogP contribution in [-0.4, -0.2) is 55.5 Å². The lowest BCUT2D eigenvalue weighted by atomic mass is 10.3. The second-order valence-electron chi connectivity index (χ2n) is 4.21. The maximum Gasteiger partial charge on any atom is 0.490 e. The van der Waals surface area contributed by atoms with Gasteiger partial charge in [-0.2, -0.15) is 13.2 Å². The maximum absolute atomic E-state index is 10.6. The van der Waals surface area contributed by atoms with Crippen LogP contribution < -0.4 is 15.0 Å². The highest BCUT2D eigenvalue weighted by Gasteiger charge is 2.38. The van der Waals surface area contributed by atoms with Crippen LogP contribution in [0.2, 0.25) is 0 Å². The largest absolute Gasteiger partial charge is 0.490 e. The van der Waals surface area contributed by atoms with Crippen molar-refractivity contribution >= 4 is 11.7 Å². The molecular weight excluding hydrogens is 291 g/mol. The lowest BCUT2D eigenvalue weighted by Crippen LogP contribution is -2.89. The van der Waals surface area contributed by atoms with Gasteiger partial charge in [-0.25, -0.2) is 9.78 Å². The molecule has 1 aromatic rings. The molecule has 0 spiro atoms. The van der Waals surface area contributed by atoms with Crippen LogP contribution >= 0.6 is 0 Å². The number of pyridine rings is 1. The predicted octanol–water partition coefficient (Wildman–Crippen LogP) is 0.107. The van der Waals surface area contributed by atoms with E-state index in [1.807, 2.05) is 12.3 Å². The second-order valence-corrected chi connectivity index (χ2v) is 4.21. The van der Waals surface area contributed by atoms with Crippen molar-refractivity contribution in [2.45, 2.75) is 6.18 Å². The second kappa shape index (κ2) is 7.67. The van der Waals surface area contributed by atoms with E-state index in [0.29, 0.717) is 5.88 Å². The molecular formula is C12H17F3N3O3+. The Bertz CT molecular complexity index is 445. The number of hydrogen-bond donors (Lipinski definition) is 2. The van der Waals surface area contributed by atoms with Gasteiger partial charge in [-0.15, -0.1) is 0 Å². The minimum atomic E-state index is -5.08. The summed E-state index contributed by atoms with van der Waals surface area (Å²) in [7, 11) is 1.64. The number of quaternary nitrogens is 1. The zero-order chi connectivity index (χ0) is 15.9. The molecule has 21 heavy (non-hydrogen) atoms. The van der Waals surface area contributed by atoms with Crippen LogP contribution in [0.3, 0.4) is 0 Å². The van der Waals surface area contributed by atoms with Gasteiger partial charge in [0, 0.05) is 6.07 Å². The summed E-state index contributed by atoms with van der Waals surface area (Å²) < 4.78 is 36.8. The van der Waals surface area contributed by atoms with E-state index in [1.165, 1.54) is 18.8 Å². The van der Waals surface area contributed by atoms with Crippen molar-refractivity contribution in [2.24, 2.45) is 0 Å². The van der Waals surface area contributed by atoms with E-state index < -0.39 is 12.1 Å². The lowest BCUT2D eigenvalue weighted by Gasteiger charge is -2.26. The van der Waals surface area contributed by atoms with E-state index in [0.717, 1.165) is 13.1 Å². The number of aliphatic carboxylic acids is 1. The number of alkyl halides is 3. The summed E-state index contributed by atoms with van der Waals surface area (Å²) in [5, 5.41) is 9.47. The number of carboxylic acids is 1. The van der Waals surface area contributed by atoms with Gasteiger partial charge in [0.05, 0.1) is 45.2 Å². The number of ether oxygens (including phenoxy) is 1. The Balaban J connectivity index is 0.000000270. The summed E-state index contributed by atoms with van der Waals surface area (Å²) in [5.41, 5.74) is 1.19. The lowest BCUT2D eigenvalue weighted by molar-refractivity contribution is -0.655. The van der Waals surface area contributed by atoms with Crippen LogP contribution in [0.5, 0.6) is 5.88 Å². The molecule has 2 heterocycles. The molecule has 0 aliphatic carbocycles. The highest BCUT2D eigenvalue weighted by atomic mass is 19.4. The molecule has 0 saturated carbocycles. The molecule has 1 saturated heterocycles. The van der Waals surface area contributed by atoms with Gasteiger partial charge in [0.2, 0.25) is 5.88 Å². The van der Waals surface area contributed by atoms with Crippen LogP contribution in [0.15, 0.2) is 18.3 Å². The highest BCUT2D eigenvalue weighted by molar-refractivity contribution is 5.73. The van der Waals surface area contributed by atoms with Gasteiger partial charge in [-0.1, -0.05) is 0 Å². The van der Waals surface area contributed by atoms with Crippen molar-refractivity contribution in [3.05, 3.63) is 18.3 Å². The van der Waals surface area contributed by atoms with Crippen LogP contribution in [-0.2, 0) is 4.79 Å². The van der Waals surface area contributed by atoms with Crippen LogP contribution in [0, 0.1) is 0 Å². The predicted molar refractivity (Wildman–Crippen MR) is 68.4 cm³/mol. The Morgan fingerprint density at radius 3 is 2.33 bits per heavy atom. The molecule has 1 fully saturated rings. The first-order valence-electron chi connectivity index (χ1n) is 6.21. The van der Waals surface area contributed by atoms with E-state index >= 15 is 0 Å². The molecule has 0 amide bonds. The van der Waals surface area contributed by atoms with Crippen molar-refractivity contribution in [3.63, 3.8) is 0 Å². The van der Waals surface area contributed by atoms with Gasteiger partial charge in [-0.05, 0) is 6.07 Å². The quantitative estimate of drug-likeness (QED) is 0.810. The molecule has 0 radical (unpaired) electrons. The Morgan fingerprint density at radius 2 is 1.95 bits per heavy atom. The molecule has 0 bridgehead atoms. The first-order valence-corrected chi connectivity index (χ1v) is 6.21. The van der Waals surface area contributed by atoms with Crippen LogP contribution in [0.1, 0.15) is 0 Å². The normalized spacial score (nSPS) is 15.0. The summed E-state index contributed by atoms with van der Waals surface area (Å²) in [6, 6.07) is 3.98. The fourth-order valence-electron chi connectivity index (χ4n) is 1.69. The van der Waals surface area contributed by atoms with Crippen molar-refractivity contribution in [3.8, 4) is 5.88 Å². The molecule has 0 aromatic carbocycles. The SMILES string of the molecule is COc1ccc(N2CC[NH2+]CC2)cn1.O=C(O)C(F)(F)F. The number of halogens is 3. The van der Waals surface area contributed by atoms with Crippen molar-refractivity contribution < 1.29 is 33.1 Å². The summed E-state index contributed by atoms with van der Waals surface area (Å²) in [5.74, 6) is -2.08. The smallest absolute Gasteiger partial charge is 0.481 e. The van der Waals surface area contributed by atoms with E-state index in [2.05, 4.69) is 21.3 Å². The third-order valence-corrected chi connectivity index (χ3v) is 2.74. The summed E-state index contributed by atoms with van der Waals surface area (Å²) in [6.07, 6.45) is -3.20. The molecule has 0 unspecified atom stereocenters. The number of nitrogens with two attached hydrogens (primary N) is 1. The Hall–Kier alpha value is -2.03. The molecule has 9 heteroatoms. The fraction of sp³-hybridized carbons (Fsp3) is 0.500. The Morgan fingerprint density at radius 1 is 1.38 bits per heavy atom. The number of piperazine rings is 1. The number of anilines is 1. The fourth-order valence-corrected chi connectivity index (χ4v) is 1.69. The number of methoxy groups -OCH3 is 1. The van der Waals surface area contributed by atoms with Crippen LogP contribution in [0.25, 0.3) is 0 Å². The number of carboxylic acid groups (broad SMARTS) is 1. The minimum Gasteiger partial charge on any atom is -0.481 e. The topological polar surface area (TPSA) is 79.3 Å². The maximum atomic E-state index is 10.6. The van der Waals surface area contributed by atoms with Gasteiger partial charge in [0.25, 0.3) is 0 Å². The summed E-state index contributed by atoms with van der Waals surface area (Å²) >= 11 is 0. The summed E-state index contributed by atoms with van der Waals surface area (Å²) in [4.78, 5) is 15.4. The van der Waals surface area contributed by atoms with E-state index in [9.17, 15) is 13.2 Å². The zero-order valence-corrected chi connectivity index (χ0v) is 11.4. The number of carbonyl (C=O) groups is 1. The number of aromatic nitrogens is 1. The molecule has 0 atom stereocenters. The standard InChI is InChI=1S/C10H15N3O.C2HF3O2/c1-14-10-3-2-9(8-12-10)13-6-4-11-5-7-13;3-2(4,5)1(6)7/h2-3,8,11H,4-7H2,1H3;(H,6,7)/p+1. The summed E-state index contributed by atoms with van der Waals surface area (Å²) in [6.45, 7) is 4.56. The van der Waals surface area contributed by atoms with Gasteiger partial charge < -0.3 is 20.1 Å². The molecule has 1 aliphatic heterocycles. The zero-order valence-electron chi connectivity index (χ0n) is 11.4. The van der Waals surface area contributed by atoms with E-state index in [4.69, 9.17) is 14.6 Å². The Kier molecular flexibility index (Phi) is 6.22. The average molecular weight is 308 g/mol. The highest BCUT2D eigenvalue weighted by Crippen LogP contribution is 2.15. The van der Waals surface area contributed by atoms with E-state index in [-0.39, 0.29) is 0 Å². The van der Waals surface area contributed by atoms with Crippen LogP contribution in [0.4, 0.5) is 18.9 Å². The minimum absolute atomic E-state index is 0.678. The van der Waals surface area contributed by atoms with Gasteiger partial charge in [-0.3, -0.25) is 0 Å². The van der Waals surface area contributed by atoms with Gasteiger partial charge >= 0.3 is 12.1 Å². The first kappa shape index (κ1) is 17.0. The van der Waals surface area contributed by atoms with Gasteiger partial charge in [0.15, 0.2) is 0 Å². The monoisotopic (exact) mass is 308 g/mol. The first-order chi connectivity index (χ1) is 9.84. The number of hydrogen-bond acceptors (Lipinski definition) is 4. The number of nitrogens with zero attached hydrogens (tertiary/aromatic N) is 2. The van der Waals surface area contributed by atoms with Crippen molar-refractivity contribution in [1.82, 2.24) is 4.98 Å². The average Bonchev–Trinajstić information content (AvgIpc) is 2.48. The Labute approximate surface area is 119 Å². The molecule has 118 valence electrons.